The number of rotatable bonds is 22. The molecule has 0 amide bonds. The van der Waals surface area contributed by atoms with Crippen LogP contribution in [0.3, 0.4) is 0 Å². The molecule has 0 aromatic rings. The molecule has 0 rings (SSSR count). The third-order valence-electron chi connectivity index (χ3n) is 5.60. The molecule has 226 valence electrons. The monoisotopic (exact) mass is 546 g/mol. The van der Waals surface area contributed by atoms with Gasteiger partial charge in [-0.25, -0.2) is 4.79 Å². The van der Waals surface area contributed by atoms with E-state index in [4.69, 9.17) is 20.4 Å². The van der Waals surface area contributed by atoms with Crippen LogP contribution in [0, 0.1) is 0 Å². The van der Waals surface area contributed by atoms with Crippen molar-refractivity contribution in [2.75, 3.05) is 13.2 Å². The van der Waals surface area contributed by atoms with Crippen molar-refractivity contribution in [2.24, 2.45) is 0 Å². The standard InChI is InChI=1S/C21H38O5.C6H14.C3H6O3/c1-2-3-4-5-6-7-8-9-10-11-12-13-14-15-16-17-20(24)26-21(25)19(23)18-22;1-3-5-6-4-2;4-1-3(6)2-5/h9-10,19,22-23H,2-8,11-18H2,1H3;3-6H2,1-2H3;1,3,5-6H,2H2/b10-9-;;. The van der Waals surface area contributed by atoms with E-state index in [1.165, 1.54) is 77.0 Å². The van der Waals surface area contributed by atoms with Crippen LogP contribution in [0.25, 0.3) is 0 Å². The first-order valence-corrected chi connectivity index (χ1v) is 14.8. The molecule has 0 aromatic carbocycles. The van der Waals surface area contributed by atoms with Crippen molar-refractivity contribution in [1.82, 2.24) is 0 Å². The van der Waals surface area contributed by atoms with E-state index >= 15 is 0 Å². The van der Waals surface area contributed by atoms with E-state index in [0.717, 1.165) is 25.7 Å². The fraction of sp³-hybridized carbons (Fsp3) is 0.833. The first-order chi connectivity index (χ1) is 18.3. The van der Waals surface area contributed by atoms with E-state index in [1.54, 1.807) is 0 Å². The minimum atomic E-state index is -1.63. The molecule has 0 radical (unpaired) electrons. The Hall–Kier alpha value is -1.61. The number of ether oxygens (including phenoxy) is 1. The maximum Gasteiger partial charge on any atom is 0.345 e. The van der Waals surface area contributed by atoms with Crippen LogP contribution < -0.4 is 0 Å². The Bertz CT molecular complexity index is 532. The number of allylic oxidation sites excluding steroid dienone is 2. The topological polar surface area (TPSA) is 141 Å². The Balaban J connectivity index is -0.000000839. The van der Waals surface area contributed by atoms with E-state index in [-0.39, 0.29) is 12.7 Å². The quantitative estimate of drug-likeness (QED) is 0.0454. The highest BCUT2D eigenvalue weighted by Gasteiger charge is 2.18. The van der Waals surface area contributed by atoms with E-state index < -0.39 is 37.4 Å². The Morgan fingerprint density at radius 2 is 1.08 bits per heavy atom. The van der Waals surface area contributed by atoms with Gasteiger partial charge in [0, 0.05) is 6.42 Å². The molecular formula is C30H58O8. The summed E-state index contributed by atoms with van der Waals surface area (Å²) in [6, 6.07) is 0. The lowest BCUT2D eigenvalue weighted by Gasteiger charge is -2.06. The number of aldehydes is 1. The number of hydrogen-bond donors (Lipinski definition) is 4. The molecule has 4 N–H and O–H groups in total. The SMILES string of the molecule is CCCCCC.CCCCCCCC/C=C\CCCCCCCC(=O)OC(=O)C(O)CO.O=CC(O)CO. The first-order valence-electron chi connectivity index (χ1n) is 14.8. The average Bonchev–Trinajstić information content (AvgIpc) is 2.93. The van der Waals surface area contributed by atoms with Gasteiger partial charge in [-0.05, 0) is 32.1 Å². The van der Waals surface area contributed by atoms with Crippen molar-refractivity contribution < 1.29 is 39.5 Å². The Morgan fingerprint density at radius 1 is 0.658 bits per heavy atom. The molecule has 8 nitrogen and oxygen atoms in total. The molecule has 0 saturated heterocycles. The number of esters is 2. The van der Waals surface area contributed by atoms with Crippen LogP contribution in [0.4, 0.5) is 0 Å². The van der Waals surface area contributed by atoms with Gasteiger partial charge in [-0.2, -0.15) is 0 Å². The molecule has 0 spiro atoms. The second-order valence-corrected chi connectivity index (χ2v) is 9.42. The molecule has 0 saturated carbocycles. The molecule has 0 fully saturated rings. The van der Waals surface area contributed by atoms with Crippen LogP contribution in [0.1, 0.15) is 136 Å². The van der Waals surface area contributed by atoms with Crippen LogP contribution in [0.15, 0.2) is 12.2 Å². The van der Waals surface area contributed by atoms with Gasteiger partial charge in [0.1, 0.15) is 6.10 Å². The highest BCUT2D eigenvalue weighted by Crippen LogP contribution is 2.10. The van der Waals surface area contributed by atoms with Gasteiger partial charge in [0.15, 0.2) is 12.4 Å². The molecule has 0 bridgehead atoms. The molecule has 2 unspecified atom stereocenters. The molecule has 0 aromatic heterocycles. The number of hydrogen-bond acceptors (Lipinski definition) is 8. The lowest BCUT2D eigenvalue weighted by Crippen LogP contribution is -2.28. The van der Waals surface area contributed by atoms with Crippen molar-refractivity contribution in [2.45, 2.75) is 149 Å². The predicted octanol–water partition coefficient (Wildman–Crippen LogP) is 5.57. The molecule has 0 heterocycles. The first kappa shape index (κ1) is 40.9. The van der Waals surface area contributed by atoms with Crippen LogP contribution in [-0.2, 0) is 19.1 Å². The lowest BCUT2D eigenvalue weighted by atomic mass is 10.1. The van der Waals surface area contributed by atoms with Gasteiger partial charge in [-0.15, -0.1) is 0 Å². The molecule has 0 aliphatic rings. The van der Waals surface area contributed by atoms with E-state index in [0.29, 0.717) is 6.42 Å². The number of carbonyl (C=O) groups excluding carboxylic acids is 3. The van der Waals surface area contributed by atoms with E-state index in [2.05, 4.69) is 37.7 Å². The minimum Gasteiger partial charge on any atom is -0.393 e. The fourth-order valence-electron chi connectivity index (χ4n) is 3.19. The predicted molar refractivity (Wildman–Crippen MR) is 153 cm³/mol. The Morgan fingerprint density at radius 3 is 1.47 bits per heavy atom. The summed E-state index contributed by atoms with van der Waals surface area (Å²) in [7, 11) is 0. The maximum atomic E-state index is 11.4. The van der Waals surface area contributed by atoms with Crippen molar-refractivity contribution in [3.05, 3.63) is 12.2 Å². The summed E-state index contributed by atoms with van der Waals surface area (Å²) in [4.78, 5) is 31.8. The van der Waals surface area contributed by atoms with Gasteiger partial charge in [0.2, 0.25) is 0 Å². The minimum absolute atomic E-state index is 0.169. The normalized spacial score (nSPS) is 12.1. The zero-order chi connectivity index (χ0) is 29.3. The van der Waals surface area contributed by atoms with Crippen LogP contribution >= 0.6 is 0 Å². The van der Waals surface area contributed by atoms with Gasteiger partial charge in [-0.3, -0.25) is 4.79 Å². The lowest BCUT2D eigenvalue weighted by molar-refractivity contribution is -0.167. The Kier molecular flexibility index (Phi) is 38.1. The highest BCUT2D eigenvalue weighted by molar-refractivity contribution is 5.87. The summed E-state index contributed by atoms with van der Waals surface area (Å²) >= 11 is 0. The second kappa shape index (κ2) is 35.4. The van der Waals surface area contributed by atoms with Gasteiger partial charge in [-0.1, -0.05) is 110 Å². The fourth-order valence-corrected chi connectivity index (χ4v) is 3.19. The smallest absolute Gasteiger partial charge is 0.345 e. The summed E-state index contributed by atoms with van der Waals surface area (Å²) in [5, 5.41) is 33.5. The van der Waals surface area contributed by atoms with Crippen molar-refractivity contribution in [3.63, 3.8) is 0 Å². The molecule has 0 aliphatic carbocycles. The molecule has 38 heavy (non-hydrogen) atoms. The summed E-state index contributed by atoms with van der Waals surface area (Å²) in [6.45, 7) is 5.49. The molecular weight excluding hydrogens is 488 g/mol. The van der Waals surface area contributed by atoms with Crippen molar-refractivity contribution >= 4 is 18.2 Å². The van der Waals surface area contributed by atoms with Gasteiger partial charge >= 0.3 is 11.9 Å². The number of aliphatic hydroxyl groups excluding tert-OH is 4. The summed E-state index contributed by atoms with van der Waals surface area (Å²) < 4.78 is 4.43. The maximum absolute atomic E-state index is 11.4. The van der Waals surface area contributed by atoms with Gasteiger partial charge in [0.05, 0.1) is 13.2 Å². The second-order valence-electron chi connectivity index (χ2n) is 9.42. The van der Waals surface area contributed by atoms with Crippen molar-refractivity contribution in [1.29, 1.82) is 0 Å². The zero-order valence-electron chi connectivity index (χ0n) is 24.5. The van der Waals surface area contributed by atoms with Gasteiger partial charge in [0.25, 0.3) is 0 Å². The molecule has 0 aliphatic heterocycles. The van der Waals surface area contributed by atoms with E-state index in [9.17, 15) is 14.4 Å². The zero-order valence-corrected chi connectivity index (χ0v) is 24.5. The molecule has 2 atom stereocenters. The summed E-state index contributed by atoms with van der Waals surface area (Å²) in [5.41, 5.74) is 0. The summed E-state index contributed by atoms with van der Waals surface area (Å²) in [6.07, 6.45) is 23.1. The summed E-state index contributed by atoms with van der Waals surface area (Å²) in [5.74, 6) is -1.72. The Labute approximate surface area is 231 Å². The third-order valence-corrected chi connectivity index (χ3v) is 5.60. The number of unbranched alkanes of at least 4 members (excludes halogenated alkanes) is 14. The van der Waals surface area contributed by atoms with Crippen LogP contribution in [0.5, 0.6) is 0 Å². The van der Waals surface area contributed by atoms with Crippen molar-refractivity contribution in [3.8, 4) is 0 Å². The van der Waals surface area contributed by atoms with Gasteiger partial charge < -0.3 is 30.0 Å². The third kappa shape index (κ3) is 36.5. The molecule has 8 heteroatoms. The number of carbonyl (C=O) groups is 3. The number of aliphatic hydroxyl groups is 4. The highest BCUT2D eigenvalue weighted by atomic mass is 16.6. The average molecular weight is 547 g/mol. The largest absolute Gasteiger partial charge is 0.393 e. The van der Waals surface area contributed by atoms with Crippen LogP contribution in [-0.4, -0.2) is 64.1 Å². The van der Waals surface area contributed by atoms with Crippen LogP contribution in [0.2, 0.25) is 0 Å². The van der Waals surface area contributed by atoms with E-state index in [1.807, 2.05) is 0 Å².